The van der Waals surface area contributed by atoms with Crippen molar-refractivity contribution in [1.82, 2.24) is 9.80 Å². The van der Waals surface area contributed by atoms with E-state index >= 15 is 0 Å². The van der Waals surface area contributed by atoms with E-state index in [9.17, 15) is 19.2 Å². The minimum atomic E-state index is -0.714. The third-order valence-corrected chi connectivity index (χ3v) is 6.79. The van der Waals surface area contributed by atoms with Gasteiger partial charge in [-0.3, -0.25) is 19.3 Å². The maximum atomic E-state index is 13.0. The largest absolute Gasteiger partial charge is 0.486 e. The van der Waals surface area contributed by atoms with Gasteiger partial charge in [-0.2, -0.15) is 0 Å². The minimum absolute atomic E-state index is 0.129. The summed E-state index contributed by atoms with van der Waals surface area (Å²) < 4.78 is 16.6. The van der Waals surface area contributed by atoms with Crippen molar-refractivity contribution in [3.8, 4) is 11.5 Å². The Labute approximate surface area is 208 Å². The molecule has 9 nitrogen and oxygen atoms in total. The van der Waals surface area contributed by atoms with E-state index in [4.69, 9.17) is 14.2 Å². The van der Waals surface area contributed by atoms with Crippen LogP contribution in [0.25, 0.3) is 0 Å². The fraction of sp³-hybridized carbons (Fsp3) is 0.407. The van der Waals surface area contributed by atoms with E-state index in [0.717, 1.165) is 24.8 Å². The molecule has 0 aromatic heterocycles. The first-order chi connectivity index (χ1) is 17.5. The van der Waals surface area contributed by atoms with Crippen molar-refractivity contribution in [1.29, 1.82) is 0 Å². The van der Waals surface area contributed by atoms with Crippen LogP contribution >= 0.6 is 0 Å². The van der Waals surface area contributed by atoms with Gasteiger partial charge in [-0.05, 0) is 55.2 Å². The number of benzene rings is 2. The second kappa shape index (κ2) is 10.0. The molecule has 0 saturated carbocycles. The molecule has 3 aliphatic rings. The Morgan fingerprint density at radius 1 is 1.00 bits per heavy atom. The number of nitrogens with zero attached hydrogens (tertiary/aromatic N) is 2. The summed E-state index contributed by atoms with van der Waals surface area (Å²) in [5.74, 6) is -0.404. The third-order valence-electron chi connectivity index (χ3n) is 6.79. The molecule has 0 N–H and O–H groups in total. The van der Waals surface area contributed by atoms with E-state index in [1.807, 2.05) is 25.1 Å². The molecule has 5 rings (SSSR count). The van der Waals surface area contributed by atoms with Crippen LogP contribution in [-0.2, 0) is 9.53 Å². The average molecular weight is 493 g/mol. The van der Waals surface area contributed by atoms with Crippen LogP contribution in [0.4, 0.5) is 0 Å². The highest BCUT2D eigenvalue weighted by Crippen LogP contribution is 2.38. The lowest BCUT2D eigenvalue weighted by molar-refractivity contribution is -0.135. The number of imide groups is 1. The summed E-state index contributed by atoms with van der Waals surface area (Å²) >= 11 is 0. The first kappa shape index (κ1) is 23.8. The van der Waals surface area contributed by atoms with Gasteiger partial charge in [-0.25, -0.2) is 4.79 Å². The van der Waals surface area contributed by atoms with Crippen LogP contribution < -0.4 is 9.47 Å². The number of esters is 1. The van der Waals surface area contributed by atoms with E-state index in [0.29, 0.717) is 44.2 Å². The number of hydrogen-bond acceptors (Lipinski definition) is 7. The van der Waals surface area contributed by atoms with E-state index in [1.165, 1.54) is 23.1 Å². The molecule has 9 heteroatoms. The summed E-state index contributed by atoms with van der Waals surface area (Å²) in [5, 5.41) is 0. The van der Waals surface area contributed by atoms with Crippen molar-refractivity contribution in [3.05, 3.63) is 58.7 Å². The fourth-order valence-corrected chi connectivity index (χ4v) is 4.91. The summed E-state index contributed by atoms with van der Waals surface area (Å²) in [6, 6.07) is 9.86. The lowest BCUT2D eigenvalue weighted by atomic mass is 10.0. The van der Waals surface area contributed by atoms with Gasteiger partial charge in [0.2, 0.25) is 0 Å². The minimum Gasteiger partial charge on any atom is -0.486 e. The summed E-state index contributed by atoms with van der Waals surface area (Å²) in [5.41, 5.74) is 1.55. The van der Waals surface area contributed by atoms with Gasteiger partial charge in [0.05, 0.1) is 22.7 Å². The molecule has 2 aromatic rings. The summed E-state index contributed by atoms with van der Waals surface area (Å²) in [4.78, 5) is 53.7. The zero-order chi connectivity index (χ0) is 25.2. The summed E-state index contributed by atoms with van der Waals surface area (Å²) in [7, 11) is 0. The third kappa shape index (κ3) is 4.41. The van der Waals surface area contributed by atoms with Crippen molar-refractivity contribution < 1.29 is 33.4 Å². The van der Waals surface area contributed by atoms with Crippen LogP contribution in [0.3, 0.4) is 0 Å². The number of carbonyl (C=O) groups excluding carboxylic acids is 4. The second-order valence-corrected chi connectivity index (χ2v) is 9.10. The number of unbranched alkanes of at least 4 members (excludes halogenated alkanes) is 1. The Morgan fingerprint density at radius 2 is 1.78 bits per heavy atom. The Hall–Kier alpha value is -3.88. The van der Waals surface area contributed by atoms with Crippen LogP contribution in [0, 0.1) is 0 Å². The van der Waals surface area contributed by atoms with E-state index in [1.54, 1.807) is 4.90 Å². The van der Waals surface area contributed by atoms with Gasteiger partial charge >= 0.3 is 5.97 Å². The molecule has 1 fully saturated rings. The highest BCUT2D eigenvalue weighted by molar-refractivity contribution is 6.22. The number of amides is 3. The lowest BCUT2D eigenvalue weighted by Gasteiger charge is -2.26. The van der Waals surface area contributed by atoms with Crippen molar-refractivity contribution >= 4 is 23.7 Å². The van der Waals surface area contributed by atoms with Gasteiger partial charge in [0.25, 0.3) is 17.7 Å². The van der Waals surface area contributed by atoms with Crippen LogP contribution in [0.1, 0.15) is 75.3 Å². The highest BCUT2D eigenvalue weighted by atomic mass is 16.6. The fourth-order valence-electron chi connectivity index (χ4n) is 4.91. The Balaban J connectivity index is 1.23. The van der Waals surface area contributed by atoms with Gasteiger partial charge < -0.3 is 19.1 Å². The van der Waals surface area contributed by atoms with Crippen LogP contribution in [0.5, 0.6) is 11.5 Å². The van der Waals surface area contributed by atoms with E-state index in [-0.39, 0.29) is 34.5 Å². The van der Waals surface area contributed by atoms with E-state index in [2.05, 4.69) is 0 Å². The van der Waals surface area contributed by atoms with Gasteiger partial charge in [0, 0.05) is 13.1 Å². The second-order valence-electron chi connectivity index (χ2n) is 9.10. The first-order valence-electron chi connectivity index (χ1n) is 12.3. The Morgan fingerprint density at radius 3 is 2.58 bits per heavy atom. The number of likely N-dealkylation sites (tertiary alicyclic amines) is 1. The quantitative estimate of drug-likeness (QED) is 0.431. The van der Waals surface area contributed by atoms with Crippen molar-refractivity contribution in [2.45, 2.75) is 38.6 Å². The molecule has 36 heavy (non-hydrogen) atoms. The predicted octanol–water partition coefficient (Wildman–Crippen LogP) is 3.37. The summed E-state index contributed by atoms with van der Waals surface area (Å²) in [6.45, 7) is 3.48. The molecule has 2 aromatic carbocycles. The number of ether oxygens (including phenoxy) is 3. The van der Waals surface area contributed by atoms with Crippen LogP contribution in [-0.4, -0.2) is 66.4 Å². The molecule has 0 spiro atoms. The monoisotopic (exact) mass is 492 g/mol. The molecule has 3 aliphatic heterocycles. The summed E-state index contributed by atoms with van der Waals surface area (Å²) in [6.07, 6.45) is 3.21. The maximum Gasteiger partial charge on any atom is 0.338 e. The highest BCUT2D eigenvalue weighted by Gasteiger charge is 2.36. The number of fused-ring (bicyclic) bond motifs is 2. The molecule has 3 heterocycles. The molecular weight excluding hydrogens is 464 g/mol. The topological polar surface area (TPSA) is 102 Å². The molecule has 1 unspecified atom stereocenters. The average Bonchev–Trinajstić information content (AvgIpc) is 3.49. The van der Waals surface area contributed by atoms with Crippen molar-refractivity contribution in [2.24, 2.45) is 0 Å². The van der Waals surface area contributed by atoms with Gasteiger partial charge in [0.15, 0.2) is 18.1 Å². The molecule has 1 atom stereocenters. The Kier molecular flexibility index (Phi) is 6.63. The lowest BCUT2D eigenvalue weighted by Crippen LogP contribution is -2.34. The van der Waals surface area contributed by atoms with E-state index < -0.39 is 18.5 Å². The molecule has 188 valence electrons. The number of hydrogen-bond donors (Lipinski definition) is 0. The molecule has 1 saturated heterocycles. The van der Waals surface area contributed by atoms with Gasteiger partial charge in [-0.15, -0.1) is 0 Å². The molecule has 0 radical (unpaired) electrons. The Bertz CT molecular complexity index is 1220. The molecule has 3 amide bonds. The molecular formula is C27H28N2O7. The first-order valence-corrected chi connectivity index (χ1v) is 12.3. The number of carbonyl (C=O) groups is 4. The standard InChI is InChI=1S/C27H28N2O7/c1-2-3-10-29-25(31)19-8-6-18(14-20(19)26(29)32)27(33)36-16-24(30)28-11-4-5-21(28)17-7-9-22-23(15-17)35-13-12-34-22/h6-9,14-15,21H,2-5,10-13,16H2,1H3. The van der Waals surface area contributed by atoms with Gasteiger partial charge in [0.1, 0.15) is 13.2 Å². The van der Waals surface area contributed by atoms with Gasteiger partial charge in [-0.1, -0.05) is 19.4 Å². The molecule has 0 aliphatic carbocycles. The SMILES string of the molecule is CCCCN1C(=O)c2ccc(C(=O)OCC(=O)N3CCCC3c3ccc4c(c3)OCCO4)cc2C1=O. The zero-order valence-electron chi connectivity index (χ0n) is 20.2. The predicted molar refractivity (Wildman–Crippen MR) is 128 cm³/mol. The normalized spacial score (nSPS) is 18.4. The smallest absolute Gasteiger partial charge is 0.338 e. The maximum absolute atomic E-state index is 13.0. The van der Waals surface area contributed by atoms with Crippen LogP contribution in [0.15, 0.2) is 36.4 Å². The van der Waals surface area contributed by atoms with Crippen LogP contribution in [0.2, 0.25) is 0 Å². The van der Waals surface area contributed by atoms with Crippen molar-refractivity contribution in [3.63, 3.8) is 0 Å². The zero-order valence-corrected chi connectivity index (χ0v) is 20.2. The molecule has 0 bridgehead atoms. The van der Waals surface area contributed by atoms with Crippen molar-refractivity contribution in [2.75, 3.05) is 32.9 Å². The number of rotatable bonds is 7.